The summed E-state index contributed by atoms with van der Waals surface area (Å²) in [6.45, 7) is 1.91. The summed E-state index contributed by atoms with van der Waals surface area (Å²) in [5.74, 6) is 0.0200. The number of aryl methyl sites for hydroxylation is 1. The Kier molecular flexibility index (Phi) is 2.88. The van der Waals surface area contributed by atoms with Gasteiger partial charge in [-0.25, -0.2) is 0 Å². The van der Waals surface area contributed by atoms with Gasteiger partial charge in [0.2, 0.25) is 0 Å². The highest BCUT2D eigenvalue weighted by Crippen LogP contribution is 2.27. The molecular formula is C16H12ClNO. The van der Waals surface area contributed by atoms with Crippen LogP contribution in [0.1, 0.15) is 21.6 Å². The van der Waals surface area contributed by atoms with Crippen LogP contribution in [0.25, 0.3) is 10.9 Å². The van der Waals surface area contributed by atoms with E-state index in [0.717, 1.165) is 16.6 Å². The van der Waals surface area contributed by atoms with Gasteiger partial charge in [-0.2, -0.15) is 0 Å². The average molecular weight is 270 g/mol. The molecule has 0 radical (unpaired) electrons. The van der Waals surface area contributed by atoms with Crippen LogP contribution in [0.15, 0.2) is 48.5 Å². The van der Waals surface area contributed by atoms with Gasteiger partial charge < -0.3 is 4.98 Å². The Bertz CT molecular complexity index is 759. The molecule has 94 valence electrons. The number of benzene rings is 2. The van der Waals surface area contributed by atoms with E-state index in [2.05, 4.69) is 4.98 Å². The van der Waals surface area contributed by atoms with Crippen LogP contribution in [-0.4, -0.2) is 10.8 Å². The second-order valence-electron chi connectivity index (χ2n) is 4.51. The summed E-state index contributed by atoms with van der Waals surface area (Å²) in [5, 5.41) is 1.51. The number of nitrogens with one attached hydrogen (secondary N) is 1. The van der Waals surface area contributed by atoms with Crippen molar-refractivity contribution in [3.8, 4) is 0 Å². The third-order valence-electron chi connectivity index (χ3n) is 3.21. The summed E-state index contributed by atoms with van der Waals surface area (Å²) in [7, 11) is 0. The zero-order valence-electron chi connectivity index (χ0n) is 10.4. The first-order valence-electron chi connectivity index (χ1n) is 6.04. The quantitative estimate of drug-likeness (QED) is 0.689. The van der Waals surface area contributed by atoms with Gasteiger partial charge in [0.15, 0.2) is 5.78 Å². The van der Waals surface area contributed by atoms with Gasteiger partial charge in [-0.1, -0.05) is 41.9 Å². The summed E-state index contributed by atoms with van der Waals surface area (Å²) < 4.78 is 0. The second kappa shape index (κ2) is 4.56. The topological polar surface area (TPSA) is 32.9 Å². The first-order chi connectivity index (χ1) is 9.16. The molecule has 0 atom stereocenters. The van der Waals surface area contributed by atoms with Crippen molar-refractivity contribution in [3.63, 3.8) is 0 Å². The molecule has 0 aliphatic rings. The molecule has 0 amide bonds. The van der Waals surface area contributed by atoms with E-state index >= 15 is 0 Å². The van der Waals surface area contributed by atoms with E-state index in [1.165, 1.54) is 0 Å². The van der Waals surface area contributed by atoms with Crippen LogP contribution in [0.5, 0.6) is 0 Å². The molecule has 1 N–H and O–H groups in total. The Morgan fingerprint density at radius 2 is 1.84 bits per heavy atom. The lowest BCUT2D eigenvalue weighted by molar-refractivity contribution is 0.104. The third-order valence-corrected chi connectivity index (χ3v) is 3.45. The number of carbonyl (C=O) groups excluding carboxylic acids is 1. The number of halogens is 1. The molecule has 0 unspecified atom stereocenters. The average Bonchev–Trinajstić information content (AvgIpc) is 2.74. The monoisotopic (exact) mass is 269 g/mol. The number of rotatable bonds is 2. The minimum Gasteiger partial charge on any atom is -0.358 e. The smallest absolute Gasteiger partial charge is 0.195 e. The Morgan fingerprint density at radius 3 is 2.58 bits per heavy atom. The molecule has 1 heterocycles. The van der Waals surface area contributed by atoms with Crippen LogP contribution in [0, 0.1) is 6.92 Å². The van der Waals surface area contributed by atoms with Crippen molar-refractivity contribution in [3.05, 3.63) is 70.4 Å². The van der Waals surface area contributed by atoms with Crippen molar-refractivity contribution in [2.75, 3.05) is 0 Å². The molecule has 0 spiro atoms. The van der Waals surface area contributed by atoms with Gasteiger partial charge >= 0.3 is 0 Å². The zero-order valence-corrected chi connectivity index (χ0v) is 11.2. The Morgan fingerprint density at radius 1 is 1.11 bits per heavy atom. The summed E-state index contributed by atoms with van der Waals surface area (Å²) in [6.07, 6.45) is 0. The third kappa shape index (κ3) is 2.04. The van der Waals surface area contributed by atoms with Crippen molar-refractivity contribution in [2.24, 2.45) is 0 Å². The van der Waals surface area contributed by atoms with E-state index in [1.54, 1.807) is 0 Å². The fourth-order valence-electron chi connectivity index (χ4n) is 2.33. The molecule has 19 heavy (non-hydrogen) atoms. The standard InChI is InChI=1S/C16H12ClNO/c1-10-15(16(19)11-5-3-2-4-6-11)13-9-12(17)7-8-14(13)18-10/h2-9,18H,1H3. The first kappa shape index (κ1) is 12.0. The maximum atomic E-state index is 12.6. The zero-order chi connectivity index (χ0) is 13.4. The summed E-state index contributed by atoms with van der Waals surface area (Å²) in [4.78, 5) is 15.8. The summed E-state index contributed by atoms with van der Waals surface area (Å²) >= 11 is 6.03. The largest absolute Gasteiger partial charge is 0.358 e. The number of ketones is 1. The van der Waals surface area contributed by atoms with E-state index in [1.807, 2.05) is 55.5 Å². The van der Waals surface area contributed by atoms with Crippen LogP contribution in [0.3, 0.4) is 0 Å². The second-order valence-corrected chi connectivity index (χ2v) is 4.95. The lowest BCUT2D eigenvalue weighted by Gasteiger charge is -2.01. The highest BCUT2D eigenvalue weighted by molar-refractivity contribution is 6.31. The van der Waals surface area contributed by atoms with E-state index < -0.39 is 0 Å². The van der Waals surface area contributed by atoms with E-state index in [9.17, 15) is 4.79 Å². The molecule has 3 heteroatoms. The maximum Gasteiger partial charge on any atom is 0.195 e. The van der Waals surface area contributed by atoms with E-state index in [4.69, 9.17) is 11.6 Å². The van der Waals surface area contributed by atoms with Crippen LogP contribution < -0.4 is 0 Å². The Labute approximate surface area is 116 Å². The lowest BCUT2D eigenvalue weighted by Crippen LogP contribution is -2.02. The molecule has 3 aromatic rings. The number of fused-ring (bicyclic) bond motifs is 1. The molecule has 0 aliphatic heterocycles. The number of aromatic nitrogens is 1. The van der Waals surface area contributed by atoms with Gasteiger partial charge in [-0.15, -0.1) is 0 Å². The molecule has 3 rings (SSSR count). The minimum absolute atomic E-state index is 0.0200. The van der Waals surface area contributed by atoms with Gasteiger partial charge in [0.05, 0.1) is 5.56 Å². The summed E-state index contributed by atoms with van der Waals surface area (Å²) in [6, 6.07) is 14.8. The predicted molar refractivity (Wildman–Crippen MR) is 77.9 cm³/mol. The molecule has 2 aromatic carbocycles. The van der Waals surface area contributed by atoms with Crippen LogP contribution >= 0.6 is 11.6 Å². The van der Waals surface area contributed by atoms with Gasteiger partial charge in [0, 0.05) is 27.2 Å². The van der Waals surface area contributed by atoms with Crippen molar-refractivity contribution in [1.29, 1.82) is 0 Å². The van der Waals surface area contributed by atoms with Gasteiger partial charge in [0.25, 0.3) is 0 Å². The lowest BCUT2D eigenvalue weighted by atomic mass is 10.0. The highest BCUT2D eigenvalue weighted by Gasteiger charge is 2.17. The molecule has 0 bridgehead atoms. The van der Waals surface area contributed by atoms with Crippen LogP contribution in [-0.2, 0) is 0 Å². The number of H-pyrrole nitrogens is 1. The van der Waals surface area contributed by atoms with Crippen molar-refractivity contribution >= 4 is 28.3 Å². The van der Waals surface area contributed by atoms with Crippen molar-refractivity contribution in [1.82, 2.24) is 4.98 Å². The van der Waals surface area contributed by atoms with Crippen LogP contribution in [0.2, 0.25) is 5.02 Å². The number of hydrogen-bond acceptors (Lipinski definition) is 1. The molecule has 1 aromatic heterocycles. The number of carbonyl (C=O) groups is 1. The van der Waals surface area contributed by atoms with Gasteiger partial charge in [-0.05, 0) is 25.1 Å². The SMILES string of the molecule is Cc1[nH]c2ccc(Cl)cc2c1C(=O)c1ccccc1. The fourth-order valence-corrected chi connectivity index (χ4v) is 2.50. The van der Waals surface area contributed by atoms with Gasteiger partial charge in [-0.3, -0.25) is 4.79 Å². The fraction of sp³-hybridized carbons (Fsp3) is 0.0625. The molecule has 2 nitrogen and oxygen atoms in total. The van der Waals surface area contributed by atoms with Crippen LogP contribution in [0.4, 0.5) is 0 Å². The van der Waals surface area contributed by atoms with Crippen molar-refractivity contribution in [2.45, 2.75) is 6.92 Å². The van der Waals surface area contributed by atoms with Gasteiger partial charge in [0.1, 0.15) is 0 Å². The minimum atomic E-state index is 0.0200. The molecule has 0 saturated carbocycles. The predicted octanol–water partition coefficient (Wildman–Crippen LogP) is 4.36. The first-order valence-corrected chi connectivity index (χ1v) is 6.42. The molecular weight excluding hydrogens is 258 g/mol. The summed E-state index contributed by atoms with van der Waals surface area (Å²) in [5.41, 5.74) is 3.18. The highest BCUT2D eigenvalue weighted by atomic mass is 35.5. The van der Waals surface area contributed by atoms with Crippen molar-refractivity contribution < 1.29 is 4.79 Å². The maximum absolute atomic E-state index is 12.6. The Balaban J connectivity index is 2.22. The number of hydrogen-bond donors (Lipinski definition) is 1. The Hall–Kier alpha value is -2.06. The normalized spacial score (nSPS) is 10.8. The van der Waals surface area contributed by atoms with E-state index in [0.29, 0.717) is 16.1 Å². The number of aromatic amines is 1. The molecule has 0 fully saturated rings. The van der Waals surface area contributed by atoms with E-state index in [-0.39, 0.29) is 5.78 Å². The molecule has 0 aliphatic carbocycles. The molecule has 0 saturated heterocycles.